The van der Waals surface area contributed by atoms with E-state index in [0.29, 0.717) is 13.0 Å². The van der Waals surface area contributed by atoms with Crippen molar-refractivity contribution in [2.24, 2.45) is 5.92 Å². The second kappa shape index (κ2) is 12.7. The van der Waals surface area contributed by atoms with Crippen LogP contribution < -0.4 is 0 Å². The molecule has 4 heteroatoms. The van der Waals surface area contributed by atoms with E-state index in [-0.39, 0.29) is 18.3 Å². The summed E-state index contributed by atoms with van der Waals surface area (Å²) in [6.45, 7) is 4.32. The number of carbonyl (C=O) groups excluding carboxylic acids is 1. The Labute approximate surface area is 155 Å². The number of benzene rings is 2. The number of hydrogen-bond acceptors (Lipinski definition) is 3. The molecular weight excluding hydrogens is 328 g/mol. The minimum atomic E-state index is -0.742. The molecule has 0 aliphatic rings. The van der Waals surface area contributed by atoms with Crippen molar-refractivity contribution in [1.82, 2.24) is 0 Å². The van der Waals surface area contributed by atoms with Crippen LogP contribution in [-0.2, 0) is 27.2 Å². The van der Waals surface area contributed by atoms with E-state index in [9.17, 15) is 9.59 Å². The molecule has 2 aromatic carbocycles. The van der Waals surface area contributed by atoms with Crippen LogP contribution in [0.25, 0.3) is 0 Å². The lowest BCUT2D eigenvalue weighted by Gasteiger charge is -2.13. The number of carbonyl (C=O) groups is 2. The van der Waals surface area contributed by atoms with Crippen LogP contribution in [0.3, 0.4) is 0 Å². The van der Waals surface area contributed by atoms with E-state index in [4.69, 9.17) is 9.84 Å². The first-order chi connectivity index (χ1) is 12.6. The van der Waals surface area contributed by atoms with E-state index < -0.39 is 5.97 Å². The molecule has 0 aromatic heterocycles. The van der Waals surface area contributed by atoms with Gasteiger partial charge in [0.05, 0.1) is 12.5 Å². The predicted molar refractivity (Wildman–Crippen MR) is 103 cm³/mol. The lowest BCUT2D eigenvalue weighted by molar-refractivity contribution is -0.148. The molecule has 1 N–H and O–H groups in total. The topological polar surface area (TPSA) is 63.6 Å². The van der Waals surface area contributed by atoms with E-state index in [1.165, 1.54) is 5.56 Å². The highest BCUT2D eigenvalue weighted by molar-refractivity contribution is 5.72. The molecule has 0 aliphatic carbocycles. The molecule has 0 spiro atoms. The van der Waals surface area contributed by atoms with Crippen molar-refractivity contribution in [1.29, 1.82) is 0 Å². The average Bonchev–Trinajstić information content (AvgIpc) is 2.67. The Morgan fingerprint density at radius 1 is 0.923 bits per heavy atom. The van der Waals surface area contributed by atoms with E-state index >= 15 is 0 Å². The van der Waals surface area contributed by atoms with Crippen LogP contribution in [0.5, 0.6) is 0 Å². The number of carboxylic acids is 1. The van der Waals surface area contributed by atoms with Gasteiger partial charge < -0.3 is 9.84 Å². The summed E-state index contributed by atoms with van der Waals surface area (Å²) in [5.74, 6) is -0.829. The molecule has 0 saturated heterocycles. The van der Waals surface area contributed by atoms with E-state index in [1.54, 1.807) is 0 Å². The summed E-state index contributed by atoms with van der Waals surface area (Å²) in [6.07, 6.45) is 2.43. The maximum atomic E-state index is 11.6. The first-order valence-electron chi connectivity index (χ1n) is 9.03. The van der Waals surface area contributed by atoms with Crippen molar-refractivity contribution in [3.8, 4) is 0 Å². The Bertz CT molecular complexity index is 638. The maximum Gasteiger partial charge on any atom is 0.309 e. The summed E-state index contributed by atoms with van der Waals surface area (Å²) in [6, 6.07) is 19.7. The van der Waals surface area contributed by atoms with E-state index in [0.717, 1.165) is 18.4 Å². The third-order valence-corrected chi connectivity index (χ3v) is 3.91. The molecule has 1 atom stereocenters. The smallest absolute Gasteiger partial charge is 0.309 e. The van der Waals surface area contributed by atoms with Gasteiger partial charge in [0.15, 0.2) is 0 Å². The second-order valence-corrected chi connectivity index (χ2v) is 5.93. The van der Waals surface area contributed by atoms with Gasteiger partial charge in [-0.2, -0.15) is 0 Å². The average molecular weight is 356 g/mol. The van der Waals surface area contributed by atoms with Crippen molar-refractivity contribution in [2.45, 2.75) is 39.5 Å². The number of esters is 1. The van der Waals surface area contributed by atoms with Gasteiger partial charge >= 0.3 is 11.9 Å². The number of aliphatic carboxylic acids is 1. The van der Waals surface area contributed by atoms with Crippen LogP contribution in [0.1, 0.15) is 37.8 Å². The van der Waals surface area contributed by atoms with Crippen LogP contribution in [0, 0.1) is 5.92 Å². The molecule has 26 heavy (non-hydrogen) atoms. The van der Waals surface area contributed by atoms with E-state index in [2.05, 4.69) is 0 Å². The van der Waals surface area contributed by atoms with Crippen molar-refractivity contribution < 1.29 is 19.4 Å². The Balaban J connectivity index is 0.000000273. The number of ether oxygens (including phenoxy) is 1. The molecule has 0 heterocycles. The summed E-state index contributed by atoms with van der Waals surface area (Å²) in [5, 5.41) is 8.37. The van der Waals surface area contributed by atoms with Crippen LogP contribution >= 0.6 is 0 Å². The quantitative estimate of drug-likeness (QED) is 0.706. The highest BCUT2D eigenvalue weighted by Crippen LogP contribution is 2.13. The minimum Gasteiger partial charge on any atom is -0.481 e. The van der Waals surface area contributed by atoms with Gasteiger partial charge in [-0.1, -0.05) is 67.6 Å². The Morgan fingerprint density at radius 3 is 1.92 bits per heavy atom. The van der Waals surface area contributed by atoms with Gasteiger partial charge in [0.2, 0.25) is 0 Å². The zero-order valence-electron chi connectivity index (χ0n) is 15.6. The zero-order chi connectivity index (χ0) is 19.2. The summed E-state index contributed by atoms with van der Waals surface area (Å²) in [5.41, 5.74) is 2.27. The third-order valence-electron chi connectivity index (χ3n) is 3.91. The fourth-order valence-electron chi connectivity index (χ4n) is 2.45. The van der Waals surface area contributed by atoms with Crippen molar-refractivity contribution in [3.63, 3.8) is 0 Å². The summed E-state index contributed by atoms with van der Waals surface area (Å²) in [7, 11) is 0. The fraction of sp³-hybridized carbons (Fsp3) is 0.364. The SMILES string of the molecule is CCOC(=O)C(CC)Cc1ccccc1.O=C(O)CCc1ccccc1. The van der Waals surface area contributed by atoms with Gasteiger partial charge in [-0.3, -0.25) is 9.59 Å². The summed E-state index contributed by atoms with van der Waals surface area (Å²) < 4.78 is 5.03. The molecule has 140 valence electrons. The summed E-state index contributed by atoms with van der Waals surface area (Å²) >= 11 is 0. The highest BCUT2D eigenvalue weighted by atomic mass is 16.5. The Morgan fingerprint density at radius 2 is 1.46 bits per heavy atom. The molecule has 0 saturated carbocycles. The van der Waals surface area contributed by atoms with Gasteiger partial charge in [0.25, 0.3) is 0 Å². The first kappa shape index (κ1) is 21.4. The van der Waals surface area contributed by atoms with Gasteiger partial charge in [-0.15, -0.1) is 0 Å². The van der Waals surface area contributed by atoms with Gasteiger partial charge in [0.1, 0.15) is 0 Å². The predicted octanol–water partition coefficient (Wildman–Crippen LogP) is 4.52. The fourth-order valence-corrected chi connectivity index (χ4v) is 2.45. The van der Waals surface area contributed by atoms with Crippen molar-refractivity contribution in [2.75, 3.05) is 6.61 Å². The van der Waals surface area contributed by atoms with Crippen LogP contribution in [-0.4, -0.2) is 23.7 Å². The van der Waals surface area contributed by atoms with Crippen LogP contribution in [0.15, 0.2) is 60.7 Å². The molecule has 4 nitrogen and oxygen atoms in total. The minimum absolute atomic E-state index is 0.00708. The molecule has 0 aliphatic heterocycles. The number of aryl methyl sites for hydroxylation is 1. The molecule has 0 bridgehead atoms. The number of carboxylic acid groups (broad SMARTS) is 1. The second-order valence-electron chi connectivity index (χ2n) is 5.93. The van der Waals surface area contributed by atoms with Crippen molar-refractivity contribution in [3.05, 3.63) is 71.8 Å². The van der Waals surface area contributed by atoms with E-state index in [1.807, 2.05) is 74.5 Å². The zero-order valence-corrected chi connectivity index (χ0v) is 15.6. The maximum absolute atomic E-state index is 11.6. The Hall–Kier alpha value is -2.62. The molecule has 2 aromatic rings. The molecule has 2 rings (SSSR count). The third kappa shape index (κ3) is 9.02. The first-order valence-corrected chi connectivity index (χ1v) is 9.03. The van der Waals surface area contributed by atoms with Crippen LogP contribution in [0.2, 0.25) is 0 Å². The molecule has 0 fully saturated rings. The highest BCUT2D eigenvalue weighted by Gasteiger charge is 2.17. The van der Waals surface area contributed by atoms with Crippen LogP contribution in [0.4, 0.5) is 0 Å². The van der Waals surface area contributed by atoms with Crippen molar-refractivity contribution >= 4 is 11.9 Å². The van der Waals surface area contributed by atoms with Gasteiger partial charge in [-0.25, -0.2) is 0 Å². The lowest BCUT2D eigenvalue weighted by atomic mass is 9.97. The molecule has 1 unspecified atom stereocenters. The summed E-state index contributed by atoms with van der Waals surface area (Å²) in [4.78, 5) is 21.7. The lowest BCUT2D eigenvalue weighted by Crippen LogP contribution is -2.19. The van der Waals surface area contributed by atoms with Gasteiger partial charge in [-0.05, 0) is 37.3 Å². The standard InChI is InChI=1S/C13H18O2.C9H10O2/c1-3-12(13(14)15-4-2)10-11-8-6-5-7-9-11;10-9(11)7-6-8-4-2-1-3-5-8/h5-9,12H,3-4,10H2,1-2H3;1-5H,6-7H2,(H,10,11). The number of rotatable bonds is 8. The molecule has 0 radical (unpaired) electrons. The largest absolute Gasteiger partial charge is 0.481 e. The monoisotopic (exact) mass is 356 g/mol. The molecular formula is C22H28O4. The molecule has 0 amide bonds. The van der Waals surface area contributed by atoms with Gasteiger partial charge in [0, 0.05) is 6.42 Å². The number of hydrogen-bond donors (Lipinski definition) is 1. The normalized spacial score (nSPS) is 11.0. The Kier molecular flexibility index (Phi) is 10.5.